The largest absolute Gasteiger partial charge is 0.411 e. The summed E-state index contributed by atoms with van der Waals surface area (Å²) in [6, 6.07) is 6.49. The lowest BCUT2D eigenvalue weighted by Crippen LogP contribution is -2.39. The first-order chi connectivity index (χ1) is 12.1. The Labute approximate surface area is 150 Å². The number of benzene rings is 1. The lowest BCUT2D eigenvalue weighted by Gasteiger charge is -2.18. The molecule has 7 heteroatoms. The van der Waals surface area contributed by atoms with Crippen LogP contribution in [0.1, 0.15) is 45.4 Å². The SMILES string of the molecule is C[C@H](Sc1nnc(-c2ccccc2F)o1)C(=O)NC1CCCCCC1. The highest BCUT2D eigenvalue weighted by Crippen LogP contribution is 2.27. The average Bonchev–Trinajstić information content (AvgIpc) is 2.90. The van der Waals surface area contributed by atoms with E-state index in [1.54, 1.807) is 18.2 Å². The van der Waals surface area contributed by atoms with Crippen LogP contribution in [0.15, 0.2) is 33.9 Å². The standard InChI is InChI=1S/C18H22FN3O2S/c1-12(16(23)20-13-8-4-2-3-5-9-13)25-18-22-21-17(24-18)14-10-6-7-11-15(14)19/h6-7,10-13H,2-5,8-9H2,1H3,(H,20,23)/t12-/m0/s1. The maximum absolute atomic E-state index is 13.8. The van der Waals surface area contributed by atoms with Gasteiger partial charge < -0.3 is 9.73 Å². The van der Waals surface area contributed by atoms with Crippen LogP contribution in [0.3, 0.4) is 0 Å². The summed E-state index contributed by atoms with van der Waals surface area (Å²) in [5, 5.41) is 10.8. The van der Waals surface area contributed by atoms with Gasteiger partial charge >= 0.3 is 0 Å². The number of halogens is 1. The molecule has 0 bridgehead atoms. The van der Waals surface area contributed by atoms with Crippen LogP contribution in [0.4, 0.5) is 4.39 Å². The van der Waals surface area contributed by atoms with Gasteiger partial charge in [-0.2, -0.15) is 0 Å². The minimum atomic E-state index is -0.415. The zero-order chi connectivity index (χ0) is 17.6. The third-order valence-electron chi connectivity index (χ3n) is 4.36. The van der Waals surface area contributed by atoms with E-state index in [0.29, 0.717) is 0 Å². The number of hydrogen-bond acceptors (Lipinski definition) is 5. The Bertz CT molecular complexity index is 714. The third-order valence-corrected chi connectivity index (χ3v) is 5.29. The average molecular weight is 363 g/mol. The van der Waals surface area contributed by atoms with Gasteiger partial charge in [-0.05, 0) is 31.9 Å². The molecule has 2 aromatic rings. The zero-order valence-corrected chi connectivity index (χ0v) is 15.0. The summed E-state index contributed by atoms with van der Waals surface area (Å²) in [6.07, 6.45) is 6.92. The number of carbonyl (C=O) groups excluding carboxylic acids is 1. The van der Waals surface area contributed by atoms with Crippen molar-refractivity contribution in [3.63, 3.8) is 0 Å². The fourth-order valence-corrected chi connectivity index (χ4v) is 3.64. The first-order valence-electron chi connectivity index (χ1n) is 8.69. The Hall–Kier alpha value is -1.89. The topological polar surface area (TPSA) is 68.0 Å². The maximum atomic E-state index is 13.8. The molecule has 25 heavy (non-hydrogen) atoms. The number of amides is 1. The van der Waals surface area contributed by atoms with E-state index in [0.717, 1.165) is 12.8 Å². The highest BCUT2D eigenvalue weighted by Gasteiger charge is 2.22. The van der Waals surface area contributed by atoms with Crippen LogP contribution in [0.25, 0.3) is 11.5 Å². The van der Waals surface area contributed by atoms with Crippen molar-refractivity contribution in [2.24, 2.45) is 0 Å². The smallest absolute Gasteiger partial charge is 0.277 e. The van der Waals surface area contributed by atoms with Gasteiger partial charge in [-0.15, -0.1) is 10.2 Å². The molecule has 134 valence electrons. The second kappa shape index (κ2) is 8.47. The second-order valence-electron chi connectivity index (χ2n) is 6.31. The van der Waals surface area contributed by atoms with E-state index in [2.05, 4.69) is 15.5 Å². The molecular formula is C18H22FN3O2S. The molecule has 1 aromatic heterocycles. The summed E-state index contributed by atoms with van der Waals surface area (Å²) >= 11 is 1.19. The van der Waals surface area contributed by atoms with Crippen LogP contribution < -0.4 is 5.32 Å². The Balaban J connectivity index is 1.58. The summed E-state index contributed by atoms with van der Waals surface area (Å²) in [6.45, 7) is 1.81. The Morgan fingerprint density at radius 3 is 2.68 bits per heavy atom. The predicted octanol–water partition coefficient (Wildman–Crippen LogP) is 4.20. The second-order valence-corrected chi connectivity index (χ2v) is 7.60. The molecule has 0 spiro atoms. The van der Waals surface area contributed by atoms with E-state index in [4.69, 9.17) is 4.42 Å². The fourth-order valence-electron chi connectivity index (χ4n) is 2.95. The van der Waals surface area contributed by atoms with Gasteiger partial charge in [0.25, 0.3) is 11.1 Å². The van der Waals surface area contributed by atoms with Crippen molar-refractivity contribution in [3.8, 4) is 11.5 Å². The van der Waals surface area contributed by atoms with Crippen LogP contribution in [0.5, 0.6) is 0 Å². The Morgan fingerprint density at radius 2 is 1.96 bits per heavy atom. The van der Waals surface area contributed by atoms with Gasteiger partial charge in [0.2, 0.25) is 5.91 Å². The van der Waals surface area contributed by atoms with Crippen LogP contribution in [0.2, 0.25) is 0 Å². The van der Waals surface area contributed by atoms with Crippen molar-refractivity contribution in [1.29, 1.82) is 0 Å². The molecule has 1 fully saturated rings. The maximum Gasteiger partial charge on any atom is 0.277 e. The first kappa shape index (κ1) is 17.9. The van der Waals surface area contributed by atoms with Crippen molar-refractivity contribution in [2.45, 2.75) is 62.0 Å². The monoisotopic (exact) mass is 363 g/mol. The van der Waals surface area contributed by atoms with Gasteiger partial charge in [0, 0.05) is 6.04 Å². The van der Waals surface area contributed by atoms with E-state index in [9.17, 15) is 9.18 Å². The van der Waals surface area contributed by atoms with Gasteiger partial charge in [0.15, 0.2) is 0 Å². The van der Waals surface area contributed by atoms with Gasteiger partial charge in [0.05, 0.1) is 10.8 Å². The van der Waals surface area contributed by atoms with Gasteiger partial charge in [-0.3, -0.25) is 4.79 Å². The quantitative estimate of drug-likeness (QED) is 0.637. The molecule has 0 aliphatic heterocycles. The molecule has 0 radical (unpaired) electrons. The number of nitrogens with one attached hydrogen (secondary N) is 1. The van der Waals surface area contributed by atoms with Gasteiger partial charge in [-0.1, -0.05) is 49.6 Å². The van der Waals surface area contributed by atoms with Crippen molar-refractivity contribution >= 4 is 17.7 Å². The molecular weight excluding hydrogens is 341 g/mol. The van der Waals surface area contributed by atoms with Gasteiger partial charge in [-0.25, -0.2) is 4.39 Å². The minimum absolute atomic E-state index is 0.0254. The number of thioether (sulfide) groups is 1. The summed E-state index contributed by atoms with van der Waals surface area (Å²) < 4.78 is 19.3. The third kappa shape index (κ3) is 4.81. The van der Waals surface area contributed by atoms with Crippen LogP contribution in [-0.4, -0.2) is 27.4 Å². The summed E-state index contributed by atoms with van der Waals surface area (Å²) in [7, 11) is 0. The number of hydrogen-bond donors (Lipinski definition) is 1. The van der Waals surface area contributed by atoms with Gasteiger partial charge in [0.1, 0.15) is 5.82 Å². The summed E-state index contributed by atoms with van der Waals surface area (Å²) in [4.78, 5) is 12.4. The Morgan fingerprint density at radius 1 is 1.24 bits per heavy atom. The van der Waals surface area contributed by atoms with E-state index >= 15 is 0 Å². The minimum Gasteiger partial charge on any atom is -0.411 e. The molecule has 1 amide bonds. The Kier molecular flexibility index (Phi) is 6.07. The highest BCUT2D eigenvalue weighted by molar-refractivity contribution is 8.00. The van der Waals surface area contributed by atoms with Crippen LogP contribution in [-0.2, 0) is 4.79 Å². The number of carbonyl (C=O) groups is 1. The molecule has 1 heterocycles. The molecule has 0 saturated heterocycles. The summed E-state index contributed by atoms with van der Waals surface area (Å²) in [5.41, 5.74) is 0.261. The number of aromatic nitrogens is 2. The normalized spacial score (nSPS) is 17.0. The lowest BCUT2D eigenvalue weighted by molar-refractivity contribution is -0.121. The molecule has 0 unspecified atom stereocenters. The van der Waals surface area contributed by atoms with Crippen molar-refractivity contribution in [2.75, 3.05) is 0 Å². The van der Waals surface area contributed by atoms with E-state index in [1.807, 2.05) is 6.92 Å². The molecule has 1 atom stereocenters. The predicted molar refractivity (Wildman–Crippen MR) is 94.6 cm³/mol. The van der Waals surface area contributed by atoms with Crippen molar-refractivity contribution < 1.29 is 13.6 Å². The van der Waals surface area contributed by atoms with E-state index in [1.165, 1.54) is 43.5 Å². The summed E-state index contributed by atoms with van der Waals surface area (Å²) in [5.74, 6) is -0.318. The highest BCUT2D eigenvalue weighted by atomic mass is 32.2. The number of nitrogens with zero attached hydrogens (tertiary/aromatic N) is 2. The van der Waals surface area contributed by atoms with Crippen molar-refractivity contribution in [1.82, 2.24) is 15.5 Å². The lowest BCUT2D eigenvalue weighted by atomic mass is 10.1. The molecule has 1 saturated carbocycles. The molecule has 3 rings (SSSR count). The molecule has 1 aliphatic rings. The van der Waals surface area contributed by atoms with Crippen molar-refractivity contribution in [3.05, 3.63) is 30.1 Å². The van der Waals surface area contributed by atoms with Crippen LogP contribution in [0, 0.1) is 5.82 Å². The van der Waals surface area contributed by atoms with Crippen LogP contribution >= 0.6 is 11.8 Å². The number of rotatable bonds is 5. The van der Waals surface area contributed by atoms with E-state index < -0.39 is 5.82 Å². The molecule has 1 aliphatic carbocycles. The first-order valence-corrected chi connectivity index (χ1v) is 9.57. The molecule has 5 nitrogen and oxygen atoms in total. The molecule has 1 aromatic carbocycles. The fraction of sp³-hybridized carbons (Fsp3) is 0.500. The molecule has 1 N–H and O–H groups in total. The zero-order valence-electron chi connectivity index (χ0n) is 14.2. The van der Waals surface area contributed by atoms with E-state index in [-0.39, 0.29) is 33.9 Å².